The van der Waals surface area contributed by atoms with E-state index in [0.29, 0.717) is 6.10 Å². The van der Waals surface area contributed by atoms with Crippen molar-refractivity contribution in [1.82, 2.24) is 9.80 Å². The van der Waals surface area contributed by atoms with Crippen LogP contribution in [-0.2, 0) is 4.74 Å². The molecule has 0 spiro atoms. The van der Waals surface area contributed by atoms with Crippen LogP contribution in [0.4, 0.5) is 0 Å². The highest BCUT2D eigenvalue weighted by Gasteiger charge is 2.25. The summed E-state index contributed by atoms with van der Waals surface area (Å²) < 4.78 is 5.93. The molecule has 0 radical (unpaired) electrons. The van der Waals surface area contributed by atoms with Crippen molar-refractivity contribution in [3.05, 3.63) is 0 Å². The summed E-state index contributed by atoms with van der Waals surface area (Å²) >= 11 is 0. The maximum Gasteiger partial charge on any atom is 0.0599 e. The van der Waals surface area contributed by atoms with Crippen LogP contribution in [0.15, 0.2) is 0 Å². The van der Waals surface area contributed by atoms with Crippen molar-refractivity contribution in [2.75, 3.05) is 46.9 Å². The van der Waals surface area contributed by atoms with Gasteiger partial charge in [-0.3, -0.25) is 0 Å². The van der Waals surface area contributed by atoms with E-state index < -0.39 is 0 Å². The van der Waals surface area contributed by atoms with Gasteiger partial charge in [-0.2, -0.15) is 0 Å². The molecule has 3 heteroatoms. The molecule has 0 atom stereocenters. The molecule has 0 aromatic rings. The first-order chi connectivity index (χ1) is 6.74. The lowest BCUT2D eigenvalue weighted by molar-refractivity contribution is -0.0350. The quantitative estimate of drug-likeness (QED) is 0.662. The molecular formula is C11H22N2O. The van der Waals surface area contributed by atoms with Gasteiger partial charge in [-0.05, 0) is 26.9 Å². The van der Waals surface area contributed by atoms with Gasteiger partial charge in [0.2, 0.25) is 0 Å². The fourth-order valence-electron chi connectivity index (χ4n) is 2.36. The van der Waals surface area contributed by atoms with Crippen molar-refractivity contribution in [3.63, 3.8) is 0 Å². The molecule has 3 nitrogen and oxygen atoms in total. The molecule has 2 saturated heterocycles. The molecular weight excluding hydrogens is 176 g/mol. The van der Waals surface area contributed by atoms with Crippen LogP contribution in [0, 0.1) is 5.92 Å². The summed E-state index contributed by atoms with van der Waals surface area (Å²) in [6.45, 7) is 5.85. The Morgan fingerprint density at radius 3 is 2.29 bits per heavy atom. The lowest BCUT2D eigenvalue weighted by atomic mass is 10.0. The summed E-state index contributed by atoms with van der Waals surface area (Å²) in [7, 11) is 4.36. The second-order valence-corrected chi connectivity index (χ2v) is 4.92. The second kappa shape index (κ2) is 4.60. The standard InChI is InChI=1S/C11H22N2O/c1-12-5-3-11(4-6-12)14-9-10-7-13(2)8-10/h10-11H,3-9H2,1-2H3. The summed E-state index contributed by atoms with van der Waals surface area (Å²) in [5.41, 5.74) is 0. The zero-order valence-electron chi connectivity index (χ0n) is 9.41. The first-order valence-corrected chi connectivity index (χ1v) is 5.72. The Bertz CT molecular complexity index is 172. The van der Waals surface area contributed by atoms with Crippen molar-refractivity contribution in [2.45, 2.75) is 18.9 Å². The topological polar surface area (TPSA) is 15.7 Å². The minimum atomic E-state index is 0.539. The second-order valence-electron chi connectivity index (χ2n) is 4.92. The molecule has 14 heavy (non-hydrogen) atoms. The Morgan fingerprint density at radius 2 is 1.71 bits per heavy atom. The predicted molar refractivity (Wildman–Crippen MR) is 57.5 cm³/mol. The molecule has 2 rings (SSSR count). The third-order valence-electron chi connectivity index (χ3n) is 3.37. The van der Waals surface area contributed by atoms with Crippen LogP contribution >= 0.6 is 0 Å². The van der Waals surface area contributed by atoms with Crippen LogP contribution in [0.5, 0.6) is 0 Å². The molecule has 0 unspecified atom stereocenters. The summed E-state index contributed by atoms with van der Waals surface area (Å²) in [4.78, 5) is 4.74. The highest BCUT2D eigenvalue weighted by molar-refractivity contribution is 4.77. The van der Waals surface area contributed by atoms with E-state index in [2.05, 4.69) is 23.9 Å². The molecule has 0 N–H and O–H groups in total. The van der Waals surface area contributed by atoms with Gasteiger partial charge in [-0.1, -0.05) is 0 Å². The zero-order valence-corrected chi connectivity index (χ0v) is 9.41. The van der Waals surface area contributed by atoms with E-state index in [0.717, 1.165) is 12.5 Å². The Kier molecular flexibility index (Phi) is 3.42. The van der Waals surface area contributed by atoms with Crippen molar-refractivity contribution < 1.29 is 4.74 Å². The van der Waals surface area contributed by atoms with Crippen molar-refractivity contribution in [1.29, 1.82) is 0 Å². The fourth-order valence-corrected chi connectivity index (χ4v) is 2.36. The first kappa shape index (κ1) is 10.4. The highest BCUT2D eigenvalue weighted by Crippen LogP contribution is 2.17. The third kappa shape index (κ3) is 2.69. The van der Waals surface area contributed by atoms with Crippen molar-refractivity contribution in [2.24, 2.45) is 5.92 Å². The lowest BCUT2D eigenvalue weighted by Gasteiger charge is -2.37. The Labute approximate surface area is 87.0 Å². The molecule has 0 aromatic carbocycles. The molecule has 0 saturated carbocycles. The van der Waals surface area contributed by atoms with E-state index in [1.807, 2.05) is 0 Å². The maximum atomic E-state index is 5.93. The molecule has 0 aliphatic carbocycles. The van der Waals surface area contributed by atoms with Gasteiger partial charge in [0.15, 0.2) is 0 Å². The normalized spacial score (nSPS) is 27.9. The smallest absolute Gasteiger partial charge is 0.0599 e. The lowest BCUT2D eigenvalue weighted by Crippen LogP contribution is -2.46. The predicted octanol–water partition coefficient (Wildman–Crippen LogP) is 0.659. The van der Waals surface area contributed by atoms with Gasteiger partial charge in [-0.15, -0.1) is 0 Å². The Balaban J connectivity index is 1.57. The maximum absolute atomic E-state index is 5.93. The number of nitrogens with zero attached hydrogens (tertiary/aromatic N) is 2. The molecule has 2 fully saturated rings. The Morgan fingerprint density at radius 1 is 1.07 bits per heavy atom. The van der Waals surface area contributed by atoms with Gasteiger partial charge in [0.25, 0.3) is 0 Å². The molecule has 0 amide bonds. The number of piperidine rings is 1. The van der Waals surface area contributed by atoms with E-state index in [-0.39, 0.29) is 0 Å². The van der Waals surface area contributed by atoms with Crippen LogP contribution in [-0.4, -0.2) is 62.8 Å². The summed E-state index contributed by atoms with van der Waals surface area (Å²) in [5, 5.41) is 0. The minimum Gasteiger partial charge on any atom is -0.378 e. The van der Waals surface area contributed by atoms with E-state index in [4.69, 9.17) is 4.74 Å². The van der Waals surface area contributed by atoms with E-state index >= 15 is 0 Å². The number of hydrogen-bond acceptors (Lipinski definition) is 3. The van der Waals surface area contributed by atoms with Gasteiger partial charge in [-0.25, -0.2) is 0 Å². The van der Waals surface area contributed by atoms with Crippen LogP contribution in [0.1, 0.15) is 12.8 Å². The van der Waals surface area contributed by atoms with Crippen LogP contribution in [0.2, 0.25) is 0 Å². The molecule has 0 aromatic heterocycles. The molecule has 2 aliphatic rings. The van der Waals surface area contributed by atoms with E-state index in [1.165, 1.54) is 39.0 Å². The van der Waals surface area contributed by atoms with E-state index in [9.17, 15) is 0 Å². The van der Waals surface area contributed by atoms with Gasteiger partial charge < -0.3 is 14.5 Å². The number of likely N-dealkylation sites (tertiary alicyclic amines) is 2. The molecule has 0 bridgehead atoms. The van der Waals surface area contributed by atoms with Crippen molar-refractivity contribution in [3.8, 4) is 0 Å². The summed E-state index contributed by atoms with van der Waals surface area (Å²) in [6.07, 6.45) is 2.98. The monoisotopic (exact) mass is 198 g/mol. The van der Waals surface area contributed by atoms with Crippen LogP contribution < -0.4 is 0 Å². The molecule has 2 heterocycles. The zero-order chi connectivity index (χ0) is 9.97. The fraction of sp³-hybridized carbons (Fsp3) is 1.00. The highest BCUT2D eigenvalue weighted by atomic mass is 16.5. The molecule has 82 valence electrons. The SMILES string of the molecule is CN1CCC(OCC2CN(C)C2)CC1. The van der Waals surface area contributed by atoms with Crippen molar-refractivity contribution >= 4 is 0 Å². The van der Waals surface area contributed by atoms with Gasteiger partial charge in [0.05, 0.1) is 12.7 Å². The third-order valence-corrected chi connectivity index (χ3v) is 3.37. The first-order valence-electron chi connectivity index (χ1n) is 5.72. The molecule has 2 aliphatic heterocycles. The Hall–Kier alpha value is -0.120. The summed E-state index contributed by atoms with van der Waals surface area (Å²) in [6, 6.07) is 0. The average Bonchev–Trinajstić information content (AvgIpc) is 2.13. The van der Waals surface area contributed by atoms with Gasteiger partial charge in [0.1, 0.15) is 0 Å². The van der Waals surface area contributed by atoms with Crippen LogP contribution in [0.25, 0.3) is 0 Å². The minimum absolute atomic E-state index is 0.539. The largest absolute Gasteiger partial charge is 0.378 e. The number of hydrogen-bond donors (Lipinski definition) is 0. The number of rotatable bonds is 3. The van der Waals surface area contributed by atoms with Crippen LogP contribution in [0.3, 0.4) is 0 Å². The van der Waals surface area contributed by atoms with Gasteiger partial charge in [0, 0.05) is 32.1 Å². The average molecular weight is 198 g/mol. The summed E-state index contributed by atoms with van der Waals surface area (Å²) in [5.74, 6) is 0.805. The number of ether oxygens (including phenoxy) is 1. The van der Waals surface area contributed by atoms with E-state index in [1.54, 1.807) is 0 Å². The van der Waals surface area contributed by atoms with Gasteiger partial charge >= 0.3 is 0 Å².